The van der Waals surface area contributed by atoms with Gasteiger partial charge in [-0.2, -0.15) is 0 Å². The average molecular weight is 242 g/mol. The van der Waals surface area contributed by atoms with Crippen LogP contribution in [0.3, 0.4) is 0 Å². The van der Waals surface area contributed by atoms with Crippen LogP contribution in [0.4, 0.5) is 0 Å². The third-order valence-corrected chi connectivity index (χ3v) is 5.12. The Labute approximate surface area is 109 Å². The van der Waals surface area contributed by atoms with Crippen LogP contribution in [0.15, 0.2) is 18.2 Å². The van der Waals surface area contributed by atoms with E-state index in [9.17, 15) is 0 Å². The highest BCUT2D eigenvalue weighted by Crippen LogP contribution is 2.42. The van der Waals surface area contributed by atoms with E-state index in [1.165, 1.54) is 38.8 Å². The lowest BCUT2D eigenvalue weighted by molar-refractivity contribution is 0.178. The molecule has 4 rings (SSSR count). The van der Waals surface area contributed by atoms with Crippen LogP contribution in [0.25, 0.3) is 0 Å². The van der Waals surface area contributed by atoms with Gasteiger partial charge in [0.05, 0.1) is 0 Å². The third kappa shape index (κ3) is 1.63. The van der Waals surface area contributed by atoms with E-state index in [1.807, 2.05) is 0 Å². The molecule has 0 spiro atoms. The number of fused-ring (bicyclic) bond motifs is 3. The lowest BCUT2D eigenvalue weighted by atomic mass is 9.90. The maximum absolute atomic E-state index is 3.54. The highest BCUT2D eigenvalue weighted by atomic mass is 15.2. The van der Waals surface area contributed by atoms with Crippen molar-refractivity contribution in [2.75, 3.05) is 19.6 Å². The maximum atomic E-state index is 3.54. The van der Waals surface area contributed by atoms with Crippen molar-refractivity contribution in [1.82, 2.24) is 10.2 Å². The Morgan fingerprint density at radius 2 is 1.94 bits per heavy atom. The van der Waals surface area contributed by atoms with Gasteiger partial charge >= 0.3 is 0 Å². The third-order valence-electron chi connectivity index (χ3n) is 5.12. The number of nitrogens with one attached hydrogen (secondary N) is 1. The van der Waals surface area contributed by atoms with Crippen LogP contribution in [0.1, 0.15) is 54.3 Å². The minimum absolute atomic E-state index is 0.648. The number of benzene rings is 1. The zero-order valence-electron chi connectivity index (χ0n) is 11.0. The predicted octanol–water partition coefficient (Wildman–Crippen LogP) is 2.80. The van der Waals surface area contributed by atoms with Gasteiger partial charge in [0.2, 0.25) is 0 Å². The van der Waals surface area contributed by atoms with Gasteiger partial charge in [-0.25, -0.2) is 0 Å². The molecule has 1 unspecified atom stereocenters. The second-order valence-electron chi connectivity index (χ2n) is 6.09. The molecule has 1 saturated heterocycles. The molecule has 0 bridgehead atoms. The summed E-state index contributed by atoms with van der Waals surface area (Å²) in [7, 11) is 0. The normalized spacial score (nSPS) is 28.3. The summed E-state index contributed by atoms with van der Waals surface area (Å²) in [5.41, 5.74) is 4.98. The van der Waals surface area contributed by atoms with E-state index < -0.39 is 0 Å². The molecular formula is C16H22N2. The van der Waals surface area contributed by atoms with Gasteiger partial charge in [0.15, 0.2) is 0 Å². The Balaban J connectivity index is 1.73. The second-order valence-corrected chi connectivity index (χ2v) is 6.09. The summed E-state index contributed by atoms with van der Waals surface area (Å²) in [5, 5.41) is 3.54. The summed E-state index contributed by atoms with van der Waals surface area (Å²) in [6, 6.07) is 7.71. The smallest absolute Gasteiger partial charge is 0.0480 e. The Hall–Kier alpha value is -0.860. The predicted molar refractivity (Wildman–Crippen MR) is 73.7 cm³/mol. The first-order valence-electron chi connectivity index (χ1n) is 7.50. The molecule has 2 nitrogen and oxygen atoms in total. The molecule has 18 heavy (non-hydrogen) atoms. The molecule has 1 aliphatic carbocycles. The first-order chi connectivity index (χ1) is 8.93. The van der Waals surface area contributed by atoms with E-state index in [0.29, 0.717) is 6.04 Å². The zero-order valence-corrected chi connectivity index (χ0v) is 11.0. The average Bonchev–Trinajstić information content (AvgIpc) is 3.05. The van der Waals surface area contributed by atoms with E-state index in [0.717, 1.165) is 19.0 Å². The molecule has 3 aliphatic rings. The first kappa shape index (κ1) is 11.0. The Bertz CT molecular complexity index is 448. The Morgan fingerprint density at radius 3 is 2.83 bits per heavy atom. The van der Waals surface area contributed by atoms with Gasteiger partial charge in [-0.15, -0.1) is 0 Å². The van der Waals surface area contributed by atoms with Gasteiger partial charge in [0.25, 0.3) is 0 Å². The molecule has 0 amide bonds. The first-order valence-corrected chi connectivity index (χ1v) is 7.50. The van der Waals surface area contributed by atoms with Crippen LogP contribution in [0.5, 0.6) is 0 Å². The molecule has 2 fully saturated rings. The van der Waals surface area contributed by atoms with E-state index in [1.54, 1.807) is 16.7 Å². The molecule has 1 aromatic rings. The van der Waals surface area contributed by atoms with E-state index in [4.69, 9.17) is 0 Å². The van der Waals surface area contributed by atoms with E-state index in [-0.39, 0.29) is 0 Å². The van der Waals surface area contributed by atoms with Crippen LogP contribution >= 0.6 is 0 Å². The number of rotatable bonds is 1. The quantitative estimate of drug-likeness (QED) is 0.814. The van der Waals surface area contributed by atoms with Crippen molar-refractivity contribution in [3.8, 4) is 0 Å². The molecule has 2 heteroatoms. The van der Waals surface area contributed by atoms with Crippen molar-refractivity contribution >= 4 is 0 Å². The molecule has 1 N–H and O–H groups in total. The fraction of sp³-hybridized carbons (Fsp3) is 0.625. The van der Waals surface area contributed by atoms with Crippen LogP contribution < -0.4 is 5.32 Å². The number of hydrogen-bond donors (Lipinski definition) is 1. The SMILES string of the molecule is c1cc(C2CCCC2)c2c(c1)C1CNCCN1C2. The summed E-state index contributed by atoms with van der Waals surface area (Å²) >= 11 is 0. The number of hydrogen-bond acceptors (Lipinski definition) is 2. The standard InChI is InChI=1S/C16H22N2/c1-2-5-12(4-1)13-6-3-7-14-15(13)11-18-9-8-17-10-16(14)18/h3,6-7,12,16-17H,1-2,4-5,8-11H2. The monoisotopic (exact) mass is 242 g/mol. The summed E-state index contributed by atoms with van der Waals surface area (Å²) in [5.74, 6) is 0.856. The van der Waals surface area contributed by atoms with Crippen molar-refractivity contribution in [2.45, 2.75) is 44.2 Å². The zero-order chi connectivity index (χ0) is 11.9. The van der Waals surface area contributed by atoms with Crippen LogP contribution in [-0.4, -0.2) is 24.5 Å². The van der Waals surface area contributed by atoms with Gasteiger partial charge in [-0.1, -0.05) is 31.0 Å². The summed E-state index contributed by atoms with van der Waals surface area (Å²) in [6.45, 7) is 4.71. The summed E-state index contributed by atoms with van der Waals surface area (Å²) in [6.07, 6.45) is 5.70. The van der Waals surface area contributed by atoms with Crippen LogP contribution in [-0.2, 0) is 6.54 Å². The Kier molecular flexibility index (Phi) is 2.66. The lowest BCUT2D eigenvalue weighted by Crippen LogP contribution is -2.42. The fourth-order valence-corrected chi connectivity index (χ4v) is 4.18. The lowest BCUT2D eigenvalue weighted by Gasteiger charge is -2.30. The van der Waals surface area contributed by atoms with E-state index in [2.05, 4.69) is 28.4 Å². The second kappa shape index (κ2) is 4.36. The van der Waals surface area contributed by atoms with Crippen LogP contribution in [0.2, 0.25) is 0 Å². The number of nitrogens with zero attached hydrogens (tertiary/aromatic N) is 1. The van der Waals surface area contributed by atoms with Crippen molar-refractivity contribution in [3.63, 3.8) is 0 Å². The van der Waals surface area contributed by atoms with Gasteiger partial charge in [0.1, 0.15) is 0 Å². The highest BCUT2D eigenvalue weighted by Gasteiger charge is 2.34. The molecule has 0 aromatic heterocycles. The summed E-state index contributed by atoms with van der Waals surface area (Å²) < 4.78 is 0. The van der Waals surface area contributed by atoms with Crippen molar-refractivity contribution < 1.29 is 0 Å². The molecule has 1 atom stereocenters. The summed E-state index contributed by atoms with van der Waals surface area (Å²) in [4.78, 5) is 2.67. The van der Waals surface area contributed by atoms with Crippen molar-refractivity contribution in [3.05, 3.63) is 34.9 Å². The minimum atomic E-state index is 0.648. The molecule has 1 saturated carbocycles. The number of piperazine rings is 1. The molecule has 0 radical (unpaired) electrons. The highest BCUT2D eigenvalue weighted by molar-refractivity contribution is 5.43. The van der Waals surface area contributed by atoms with E-state index >= 15 is 0 Å². The van der Waals surface area contributed by atoms with Gasteiger partial charge in [-0.3, -0.25) is 4.90 Å². The van der Waals surface area contributed by atoms with Crippen LogP contribution in [0, 0.1) is 0 Å². The Morgan fingerprint density at radius 1 is 1.11 bits per heavy atom. The largest absolute Gasteiger partial charge is 0.314 e. The maximum Gasteiger partial charge on any atom is 0.0480 e. The molecule has 2 aliphatic heterocycles. The fourth-order valence-electron chi connectivity index (χ4n) is 4.18. The topological polar surface area (TPSA) is 15.3 Å². The van der Waals surface area contributed by atoms with Crippen molar-refractivity contribution in [2.24, 2.45) is 0 Å². The molecule has 2 heterocycles. The van der Waals surface area contributed by atoms with Crippen molar-refractivity contribution in [1.29, 1.82) is 0 Å². The molecule has 96 valence electrons. The van der Waals surface area contributed by atoms with Gasteiger partial charge in [0, 0.05) is 32.2 Å². The minimum Gasteiger partial charge on any atom is -0.314 e. The van der Waals surface area contributed by atoms with Gasteiger partial charge < -0.3 is 5.32 Å². The molecule has 1 aromatic carbocycles. The van der Waals surface area contributed by atoms with Gasteiger partial charge in [-0.05, 0) is 35.4 Å². The molecular weight excluding hydrogens is 220 g/mol.